The minimum absolute atomic E-state index is 0.113. The predicted octanol–water partition coefficient (Wildman–Crippen LogP) is 3.41. The standard InChI is InChI=1S/C18H18N2O2S/c1-13-3-5-15(6-4-13)18-14(2)11-12-20(18)16-7-9-17(10-8-16)23(19,21)22/h3-12H,1-2H3,(H2,19,21,22). The highest BCUT2D eigenvalue weighted by Crippen LogP contribution is 2.28. The Kier molecular flexibility index (Phi) is 3.83. The summed E-state index contributed by atoms with van der Waals surface area (Å²) in [5, 5.41) is 5.15. The monoisotopic (exact) mass is 326 g/mol. The van der Waals surface area contributed by atoms with E-state index < -0.39 is 10.0 Å². The van der Waals surface area contributed by atoms with Crippen molar-refractivity contribution < 1.29 is 8.42 Å². The number of nitrogens with two attached hydrogens (primary N) is 1. The Morgan fingerprint density at radius 1 is 0.870 bits per heavy atom. The molecule has 0 fully saturated rings. The summed E-state index contributed by atoms with van der Waals surface area (Å²) in [7, 11) is -3.67. The van der Waals surface area contributed by atoms with Crippen LogP contribution in [-0.2, 0) is 10.0 Å². The first-order valence-corrected chi connectivity index (χ1v) is 8.79. The number of aromatic nitrogens is 1. The quantitative estimate of drug-likeness (QED) is 0.801. The number of aryl methyl sites for hydroxylation is 2. The molecule has 1 heterocycles. The number of hydrogen-bond acceptors (Lipinski definition) is 2. The normalized spacial score (nSPS) is 11.6. The molecular formula is C18H18N2O2S. The van der Waals surface area contributed by atoms with Gasteiger partial charge < -0.3 is 4.57 Å². The summed E-state index contributed by atoms with van der Waals surface area (Å²) in [6.07, 6.45) is 1.98. The van der Waals surface area contributed by atoms with Gasteiger partial charge in [-0.15, -0.1) is 0 Å². The summed E-state index contributed by atoms with van der Waals surface area (Å²) in [4.78, 5) is 0.113. The zero-order valence-electron chi connectivity index (χ0n) is 13.0. The number of rotatable bonds is 3. The summed E-state index contributed by atoms with van der Waals surface area (Å²) in [6, 6.07) is 17.0. The zero-order chi connectivity index (χ0) is 16.6. The average Bonchev–Trinajstić information content (AvgIpc) is 2.89. The molecule has 0 aliphatic carbocycles. The van der Waals surface area contributed by atoms with E-state index in [-0.39, 0.29) is 4.90 Å². The second kappa shape index (κ2) is 5.68. The molecule has 0 unspecified atom stereocenters. The van der Waals surface area contributed by atoms with Gasteiger partial charge in [0.15, 0.2) is 0 Å². The molecule has 0 saturated heterocycles. The fourth-order valence-corrected chi connectivity index (χ4v) is 3.14. The number of nitrogens with zero attached hydrogens (tertiary/aromatic N) is 1. The van der Waals surface area contributed by atoms with Crippen molar-refractivity contribution in [3.8, 4) is 16.9 Å². The molecule has 0 bridgehead atoms. The Hall–Kier alpha value is -2.37. The van der Waals surface area contributed by atoms with Gasteiger partial charge in [-0.25, -0.2) is 13.6 Å². The lowest BCUT2D eigenvalue weighted by atomic mass is 10.1. The van der Waals surface area contributed by atoms with E-state index in [1.54, 1.807) is 12.1 Å². The smallest absolute Gasteiger partial charge is 0.238 e. The predicted molar refractivity (Wildman–Crippen MR) is 92.1 cm³/mol. The van der Waals surface area contributed by atoms with Crippen LogP contribution in [-0.4, -0.2) is 13.0 Å². The minimum atomic E-state index is -3.67. The van der Waals surface area contributed by atoms with Gasteiger partial charge in [0.05, 0.1) is 10.6 Å². The van der Waals surface area contributed by atoms with Crippen LogP contribution in [0.3, 0.4) is 0 Å². The van der Waals surface area contributed by atoms with Crippen LogP contribution in [0.2, 0.25) is 0 Å². The third-order valence-corrected chi connectivity index (χ3v) is 4.79. The fraction of sp³-hybridized carbons (Fsp3) is 0.111. The highest BCUT2D eigenvalue weighted by atomic mass is 32.2. The molecule has 0 amide bonds. The Morgan fingerprint density at radius 2 is 1.48 bits per heavy atom. The van der Waals surface area contributed by atoms with Crippen molar-refractivity contribution in [1.29, 1.82) is 0 Å². The molecule has 1 aromatic heterocycles. The third-order valence-electron chi connectivity index (χ3n) is 3.86. The number of hydrogen-bond donors (Lipinski definition) is 1. The first-order valence-electron chi connectivity index (χ1n) is 7.24. The van der Waals surface area contributed by atoms with E-state index >= 15 is 0 Å². The van der Waals surface area contributed by atoms with Crippen molar-refractivity contribution >= 4 is 10.0 Å². The van der Waals surface area contributed by atoms with E-state index in [0.29, 0.717) is 0 Å². The fourth-order valence-electron chi connectivity index (χ4n) is 2.62. The number of sulfonamides is 1. The summed E-state index contributed by atoms with van der Waals surface area (Å²) >= 11 is 0. The van der Waals surface area contributed by atoms with E-state index in [4.69, 9.17) is 5.14 Å². The summed E-state index contributed by atoms with van der Waals surface area (Å²) < 4.78 is 24.8. The first-order chi connectivity index (χ1) is 10.9. The second-order valence-corrected chi connectivity index (χ2v) is 7.18. The third kappa shape index (κ3) is 3.06. The molecule has 4 nitrogen and oxygen atoms in total. The van der Waals surface area contributed by atoms with Gasteiger partial charge in [0.25, 0.3) is 0 Å². The van der Waals surface area contributed by atoms with E-state index in [1.165, 1.54) is 17.7 Å². The second-order valence-electron chi connectivity index (χ2n) is 5.62. The van der Waals surface area contributed by atoms with Crippen LogP contribution in [0.4, 0.5) is 0 Å². The highest BCUT2D eigenvalue weighted by Gasteiger charge is 2.12. The summed E-state index contributed by atoms with van der Waals surface area (Å²) in [6.45, 7) is 4.12. The van der Waals surface area contributed by atoms with Crippen molar-refractivity contribution in [3.05, 3.63) is 71.9 Å². The van der Waals surface area contributed by atoms with Crippen molar-refractivity contribution in [1.82, 2.24) is 4.57 Å². The van der Waals surface area contributed by atoms with Crippen LogP contribution in [0.15, 0.2) is 65.7 Å². The molecule has 0 spiro atoms. The average molecular weight is 326 g/mol. The molecule has 23 heavy (non-hydrogen) atoms. The van der Waals surface area contributed by atoms with E-state index in [1.807, 2.05) is 16.8 Å². The molecule has 0 aliphatic heterocycles. The molecule has 118 valence electrons. The highest BCUT2D eigenvalue weighted by molar-refractivity contribution is 7.89. The molecular weight excluding hydrogens is 308 g/mol. The SMILES string of the molecule is Cc1ccc(-c2c(C)ccn2-c2ccc(S(N)(=O)=O)cc2)cc1. The molecule has 0 radical (unpaired) electrons. The maximum absolute atomic E-state index is 11.4. The van der Waals surface area contributed by atoms with Crippen LogP contribution in [0.1, 0.15) is 11.1 Å². The van der Waals surface area contributed by atoms with Gasteiger partial charge in [-0.2, -0.15) is 0 Å². The van der Waals surface area contributed by atoms with Gasteiger partial charge in [0, 0.05) is 11.9 Å². The van der Waals surface area contributed by atoms with Gasteiger partial charge >= 0.3 is 0 Å². The van der Waals surface area contributed by atoms with E-state index in [0.717, 1.165) is 22.5 Å². The van der Waals surface area contributed by atoms with Crippen molar-refractivity contribution in [3.63, 3.8) is 0 Å². The molecule has 3 aromatic rings. The maximum atomic E-state index is 11.4. The van der Waals surface area contributed by atoms with Crippen LogP contribution < -0.4 is 5.14 Å². The number of benzene rings is 2. The van der Waals surface area contributed by atoms with Crippen molar-refractivity contribution in [2.75, 3.05) is 0 Å². The molecule has 0 atom stereocenters. The van der Waals surface area contributed by atoms with Crippen molar-refractivity contribution in [2.45, 2.75) is 18.7 Å². The molecule has 3 rings (SSSR count). The van der Waals surface area contributed by atoms with Gasteiger partial charge in [-0.1, -0.05) is 29.8 Å². The van der Waals surface area contributed by atoms with Gasteiger partial charge in [-0.05, 0) is 55.3 Å². The Labute approximate surface area is 136 Å². The number of primary sulfonamides is 1. The molecule has 0 aliphatic rings. The van der Waals surface area contributed by atoms with Crippen LogP contribution in [0, 0.1) is 13.8 Å². The summed E-state index contributed by atoms with van der Waals surface area (Å²) in [5.74, 6) is 0. The summed E-state index contributed by atoms with van der Waals surface area (Å²) in [5.41, 5.74) is 5.47. The van der Waals surface area contributed by atoms with E-state index in [9.17, 15) is 8.42 Å². The topological polar surface area (TPSA) is 65.1 Å². The molecule has 0 saturated carbocycles. The lowest BCUT2D eigenvalue weighted by Gasteiger charge is -2.12. The Bertz CT molecular complexity index is 938. The largest absolute Gasteiger partial charge is 0.316 e. The van der Waals surface area contributed by atoms with Gasteiger partial charge in [0.1, 0.15) is 0 Å². The minimum Gasteiger partial charge on any atom is -0.316 e. The maximum Gasteiger partial charge on any atom is 0.238 e. The van der Waals surface area contributed by atoms with Crippen molar-refractivity contribution in [2.24, 2.45) is 5.14 Å². The lowest BCUT2D eigenvalue weighted by Crippen LogP contribution is -2.12. The van der Waals surface area contributed by atoms with Gasteiger partial charge in [0.2, 0.25) is 10.0 Å². The molecule has 2 N–H and O–H groups in total. The van der Waals surface area contributed by atoms with Crippen LogP contribution in [0.25, 0.3) is 16.9 Å². The Balaban J connectivity index is 2.10. The van der Waals surface area contributed by atoms with Gasteiger partial charge in [-0.3, -0.25) is 0 Å². The van der Waals surface area contributed by atoms with Crippen LogP contribution >= 0.6 is 0 Å². The lowest BCUT2D eigenvalue weighted by molar-refractivity contribution is 0.598. The van der Waals surface area contributed by atoms with E-state index in [2.05, 4.69) is 38.1 Å². The zero-order valence-corrected chi connectivity index (χ0v) is 13.8. The Morgan fingerprint density at radius 3 is 2.04 bits per heavy atom. The molecule has 5 heteroatoms. The molecule has 2 aromatic carbocycles. The van der Waals surface area contributed by atoms with Crippen LogP contribution in [0.5, 0.6) is 0 Å². The first kappa shape index (κ1) is 15.5.